The van der Waals surface area contributed by atoms with Crippen molar-refractivity contribution in [1.29, 1.82) is 0 Å². The molecule has 6 nitrogen and oxygen atoms in total. The zero-order valence-electron chi connectivity index (χ0n) is 17.0. The smallest absolute Gasteiger partial charge is 0.237 e. The van der Waals surface area contributed by atoms with Gasteiger partial charge in [0.25, 0.3) is 0 Å². The monoisotopic (exact) mass is 446 g/mol. The van der Waals surface area contributed by atoms with Crippen molar-refractivity contribution in [2.24, 2.45) is 0 Å². The van der Waals surface area contributed by atoms with Gasteiger partial charge in [-0.3, -0.25) is 4.72 Å². The molecule has 0 aliphatic carbocycles. The molecule has 0 bridgehead atoms. The zero-order valence-corrected chi connectivity index (χ0v) is 18.6. The molecule has 1 aromatic carbocycles. The Bertz CT molecular complexity index is 1110. The average Bonchev–Trinajstić information content (AvgIpc) is 2.73. The lowest BCUT2D eigenvalue weighted by atomic mass is 9.99. The Morgan fingerprint density at radius 1 is 1.10 bits per heavy atom. The predicted octanol–water partition coefficient (Wildman–Crippen LogP) is 4.86. The first-order chi connectivity index (χ1) is 14.3. The number of pyridine rings is 1. The van der Waals surface area contributed by atoms with Gasteiger partial charge in [0.15, 0.2) is 0 Å². The molecule has 0 unspecified atom stereocenters. The maximum absolute atomic E-state index is 13.5. The number of rotatable bonds is 8. The van der Waals surface area contributed by atoms with Crippen LogP contribution in [0.5, 0.6) is 0 Å². The van der Waals surface area contributed by atoms with E-state index in [2.05, 4.69) is 19.7 Å². The van der Waals surface area contributed by atoms with E-state index in [0.717, 1.165) is 16.3 Å². The Kier molecular flexibility index (Phi) is 7.04. The second-order valence-electron chi connectivity index (χ2n) is 6.88. The molecule has 3 rings (SSSR count). The SMILES string of the molecule is CCS(=O)(=O)Nc1nc(-c2ccc(F)cc2)c(CSc2ccccn2)c(C(C)C)n1. The molecule has 0 atom stereocenters. The minimum Gasteiger partial charge on any atom is -0.251 e. The number of aromatic nitrogens is 3. The minimum absolute atomic E-state index is 0.0199. The van der Waals surface area contributed by atoms with E-state index in [1.807, 2.05) is 32.0 Å². The molecule has 2 heterocycles. The minimum atomic E-state index is -3.54. The summed E-state index contributed by atoms with van der Waals surface area (Å²) < 4.78 is 40.1. The maximum Gasteiger partial charge on any atom is 0.237 e. The Balaban J connectivity index is 2.12. The first-order valence-electron chi connectivity index (χ1n) is 9.50. The van der Waals surface area contributed by atoms with Crippen molar-refractivity contribution < 1.29 is 12.8 Å². The lowest BCUT2D eigenvalue weighted by Crippen LogP contribution is -2.18. The summed E-state index contributed by atoms with van der Waals surface area (Å²) in [5.41, 5.74) is 2.87. The van der Waals surface area contributed by atoms with E-state index in [1.165, 1.54) is 23.9 Å². The highest BCUT2D eigenvalue weighted by molar-refractivity contribution is 7.98. The lowest BCUT2D eigenvalue weighted by molar-refractivity contribution is 0.602. The summed E-state index contributed by atoms with van der Waals surface area (Å²) in [5, 5.41) is 0.855. The van der Waals surface area contributed by atoms with Crippen LogP contribution in [0.1, 0.15) is 37.9 Å². The van der Waals surface area contributed by atoms with Crippen molar-refractivity contribution in [2.45, 2.75) is 37.5 Å². The normalized spacial score (nSPS) is 11.6. The van der Waals surface area contributed by atoms with E-state index in [4.69, 9.17) is 0 Å². The Morgan fingerprint density at radius 2 is 1.83 bits per heavy atom. The van der Waals surface area contributed by atoms with Gasteiger partial charge in [0.2, 0.25) is 16.0 Å². The van der Waals surface area contributed by atoms with E-state index in [1.54, 1.807) is 25.3 Å². The first kappa shape index (κ1) is 22.2. The molecule has 0 radical (unpaired) electrons. The van der Waals surface area contributed by atoms with Crippen molar-refractivity contribution in [3.8, 4) is 11.3 Å². The number of thioether (sulfide) groups is 1. The number of anilines is 1. The van der Waals surface area contributed by atoms with Gasteiger partial charge in [0.05, 0.1) is 22.2 Å². The summed E-state index contributed by atoms with van der Waals surface area (Å²) >= 11 is 1.54. The van der Waals surface area contributed by atoms with Crippen molar-refractivity contribution >= 4 is 27.7 Å². The van der Waals surface area contributed by atoms with E-state index in [-0.39, 0.29) is 23.4 Å². The van der Waals surface area contributed by atoms with Crippen molar-refractivity contribution in [3.63, 3.8) is 0 Å². The van der Waals surface area contributed by atoms with Gasteiger partial charge in [0.1, 0.15) is 5.82 Å². The fourth-order valence-electron chi connectivity index (χ4n) is 2.80. The van der Waals surface area contributed by atoms with Gasteiger partial charge in [0, 0.05) is 23.1 Å². The van der Waals surface area contributed by atoms with Gasteiger partial charge in [-0.1, -0.05) is 19.9 Å². The number of hydrogen-bond donors (Lipinski definition) is 1. The van der Waals surface area contributed by atoms with Crippen LogP contribution in [0, 0.1) is 5.82 Å². The Hall–Kier alpha value is -2.52. The molecule has 158 valence electrons. The molecular formula is C21H23FN4O2S2. The summed E-state index contributed by atoms with van der Waals surface area (Å²) in [5.74, 6) is 0.144. The summed E-state index contributed by atoms with van der Waals surface area (Å²) in [7, 11) is -3.54. The molecule has 0 aliphatic heterocycles. The standard InChI is InChI=1S/C21H23FN4O2S2/c1-4-30(27,28)26-21-24-19(14(2)3)17(13-29-18-7-5-6-12-23-18)20(25-21)15-8-10-16(22)11-9-15/h5-12,14H,4,13H2,1-3H3,(H,24,25,26). The van der Waals surface area contributed by atoms with E-state index in [0.29, 0.717) is 17.0 Å². The molecule has 9 heteroatoms. The van der Waals surface area contributed by atoms with Gasteiger partial charge in [-0.2, -0.15) is 0 Å². The second kappa shape index (κ2) is 9.53. The van der Waals surface area contributed by atoms with Crippen LogP contribution in [0.4, 0.5) is 10.3 Å². The van der Waals surface area contributed by atoms with Crippen LogP contribution in [0.2, 0.25) is 0 Å². The number of nitrogens with one attached hydrogen (secondary N) is 1. The summed E-state index contributed by atoms with van der Waals surface area (Å²) in [6, 6.07) is 11.7. The first-order valence-corrected chi connectivity index (χ1v) is 12.1. The highest BCUT2D eigenvalue weighted by Crippen LogP contribution is 2.33. The Labute approximate surface area is 180 Å². The van der Waals surface area contributed by atoms with Crippen LogP contribution in [0.3, 0.4) is 0 Å². The van der Waals surface area contributed by atoms with Crippen LogP contribution >= 0.6 is 11.8 Å². The quantitative estimate of drug-likeness (QED) is 0.498. The van der Waals surface area contributed by atoms with Crippen molar-refractivity contribution in [3.05, 3.63) is 65.7 Å². The summed E-state index contributed by atoms with van der Waals surface area (Å²) in [4.78, 5) is 13.4. The van der Waals surface area contributed by atoms with Crippen LogP contribution in [0.25, 0.3) is 11.3 Å². The molecule has 0 saturated heterocycles. The molecule has 0 saturated carbocycles. The third-order valence-electron chi connectivity index (χ3n) is 4.33. The zero-order chi connectivity index (χ0) is 21.7. The molecule has 0 amide bonds. The molecule has 1 N–H and O–H groups in total. The molecule has 0 aliphatic rings. The summed E-state index contributed by atoms with van der Waals surface area (Å²) in [6.45, 7) is 5.53. The largest absolute Gasteiger partial charge is 0.251 e. The van der Waals surface area contributed by atoms with Crippen LogP contribution in [-0.4, -0.2) is 29.1 Å². The van der Waals surface area contributed by atoms with Gasteiger partial charge in [-0.25, -0.2) is 27.8 Å². The number of benzene rings is 1. The van der Waals surface area contributed by atoms with Crippen LogP contribution < -0.4 is 4.72 Å². The molecule has 30 heavy (non-hydrogen) atoms. The molecule has 2 aromatic heterocycles. The highest BCUT2D eigenvalue weighted by atomic mass is 32.2. The van der Waals surface area contributed by atoms with E-state index < -0.39 is 10.0 Å². The topological polar surface area (TPSA) is 84.8 Å². The van der Waals surface area contributed by atoms with E-state index in [9.17, 15) is 12.8 Å². The van der Waals surface area contributed by atoms with Crippen LogP contribution in [0.15, 0.2) is 53.7 Å². The number of nitrogens with zero attached hydrogens (tertiary/aromatic N) is 3. The fraction of sp³-hybridized carbons (Fsp3) is 0.286. The fourth-order valence-corrected chi connectivity index (χ4v) is 4.20. The van der Waals surface area contributed by atoms with Crippen molar-refractivity contribution in [2.75, 3.05) is 10.5 Å². The Morgan fingerprint density at radius 3 is 2.43 bits per heavy atom. The van der Waals surface area contributed by atoms with Gasteiger partial charge < -0.3 is 0 Å². The molecular weight excluding hydrogens is 423 g/mol. The highest BCUT2D eigenvalue weighted by Gasteiger charge is 2.20. The predicted molar refractivity (Wildman–Crippen MR) is 118 cm³/mol. The second-order valence-corrected chi connectivity index (χ2v) is 9.89. The molecule has 0 fully saturated rings. The molecule has 3 aromatic rings. The average molecular weight is 447 g/mol. The maximum atomic E-state index is 13.5. The van der Waals surface area contributed by atoms with Crippen LogP contribution in [-0.2, 0) is 15.8 Å². The third kappa shape index (κ3) is 5.54. The summed E-state index contributed by atoms with van der Waals surface area (Å²) in [6.07, 6.45) is 1.73. The number of halogens is 1. The molecule has 0 spiro atoms. The van der Waals surface area contributed by atoms with Gasteiger partial charge >= 0.3 is 0 Å². The number of hydrogen-bond acceptors (Lipinski definition) is 6. The van der Waals surface area contributed by atoms with E-state index >= 15 is 0 Å². The lowest BCUT2D eigenvalue weighted by Gasteiger charge is -2.18. The number of sulfonamides is 1. The third-order valence-corrected chi connectivity index (χ3v) is 6.56. The van der Waals surface area contributed by atoms with Gasteiger partial charge in [-0.05, 0) is 49.2 Å². The van der Waals surface area contributed by atoms with Crippen molar-refractivity contribution in [1.82, 2.24) is 15.0 Å². The van der Waals surface area contributed by atoms with Gasteiger partial charge in [-0.15, -0.1) is 11.8 Å².